The molecular formula is C16H21N3O4. The molecule has 0 saturated heterocycles. The molecule has 1 N–H and O–H groups in total. The van der Waals surface area contributed by atoms with Crippen molar-refractivity contribution in [3.63, 3.8) is 0 Å². The van der Waals surface area contributed by atoms with E-state index in [-0.39, 0.29) is 5.91 Å². The van der Waals surface area contributed by atoms with Crippen LogP contribution in [0.3, 0.4) is 0 Å². The fourth-order valence-corrected chi connectivity index (χ4v) is 2.20. The number of carbonyl (C=O) groups excluding carboxylic acids is 1. The summed E-state index contributed by atoms with van der Waals surface area (Å²) in [7, 11) is 6.56. The van der Waals surface area contributed by atoms with E-state index >= 15 is 0 Å². The number of methoxy groups -OCH3 is 3. The molecule has 0 spiro atoms. The monoisotopic (exact) mass is 319 g/mol. The highest BCUT2D eigenvalue weighted by Crippen LogP contribution is 2.33. The van der Waals surface area contributed by atoms with E-state index in [2.05, 4.69) is 10.4 Å². The van der Waals surface area contributed by atoms with Crippen molar-refractivity contribution in [2.45, 2.75) is 0 Å². The summed E-state index contributed by atoms with van der Waals surface area (Å²) >= 11 is 0. The van der Waals surface area contributed by atoms with Crippen molar-refractivity contribution in [2.24, 2.45) is 7.05 Å². The Kier molecular flexibility index (Phi) is 5.59. The molecule has 0 aliphatic carbocycles. The van der Waals surface area contributed by atoms with Crippen LogP contribution in [0.4, 0.5) is 0 Å². The zero-order chi connectivity index (χ0) is 16.8. The number of nitrogens with zero attached hydrogens (tertiary/aromatic N) is 2. The molecule has 1 aromatic heterocycles. The fraction of sp³-hybridized carbons (Fsp3) is 0.375. The van der Waals surface area contributed by atoms with Gasteiger partial charge in [0.05, 0.1) is 26.5 Å². The van der Waals surface area contributed by atoms with Crippen LogP contribution in [-0.2, 0) is 11.8 Å². The van der Waals surface area contributed by atoms with Crippen LogP contribution in [0, 0.1) is 0 Å². The molecule has 1 heterocycles. The lowest BCUT2D eigenvalue weighted by Crippen LogP contribution is -2.27. The van der Waals surface area contributed by atoms with Crippen molar-refractivity contribution < 1.29 is 19.0 Å². The minimum atomic E-state index is -0.245. The van der Waals surface area contributed by atoms with Gasteiger partial charge in [-0.15, -0.1) is 0 Å². The van der Waals surface area contributed by atoms with E-state index in [1.54, 1.807) is 39.1 Å². The molecule has 23 heavy (non-hydrogen) atoms. The van der Waals surface area contributed by atoms with Crippen LogP contribution >= 0.6 is 0 Å². The van der Waals surface area contributed by atoms with E-state index in [4.69, 9.17) is 14.2 Å². The third-order valence-electron chi connectivity index (χ3n) is 3.39. The second-order valence-corrected chi connectivity index (χ2v) is 4.85. The van der Waals surface area contributed by atoms with Gasteiger partial charge in [-0.25, -0.2) is 0 Å². The Morgan fingerprint density at radius 2 is 2.00 bits per heavy atom. The van der Waals surface area contributed by atoms with E-state index in [9.17, 15) is 4.79 Å². The second kappa shape index (κ2) is 7.64. The Bertz CT molecular complexity index is 682. The molecule has 0 aliphatic heterocycles. The summed E-state index contributed by atoms with van der Waals surface area (Å²) in [6.07, 6.45) is 0. The first-order chi connectivity index (χ1) is 11.1. The van der Waals surface area contributed by atoms with Crippen molar-refractivity contribution >= 4 is 5.91 Å². The Balaban J connectivity index is 2.32. The van der Waals surface area contributed by atoms with E-state index in [1.165, 1.54) is 0 Å². The third-order valence-corrected chi connectivity index (χ3v) is 3.39. The molecule has 1 amide bonds. The van der Waals surface area contributed by atoms with Gasteiger partial charge in [-0.2, -0.15) is 5.10 Å². The maximum absolute atomic E-state index is 12.1. The van der Waals surface area contributed by atoms with Gasteiger partial charge < -0.3 is 19.5 Å². The number of aryl methyl sites for hydroxylation is 1. The summed E-state index contributed by atoms with van der Waals surface area (Å²) in [5.74, 6) is 1.14. The van der Waals surface area contributed by atoms with Gasteiger partial charge in [-0.1, -0.05) is 0 Å². The van der Waals surface area contributed by atoms with Crippen molar-refractivity contribution in [3.05, 3.63) is 30.0 Å². The van der Waals surface area contributed by atoms with Gasteiger partial charge in [0.25, 0.3) is 5.91 Å². The second-order valence-electron chi connectivity index (χ2n) is 4.85. The van der Waals surface area contributed by atoms with E-state index in [1.807, 2.05) is 18.2 Å². The van der Waals surface area contributed by atoms with E-state index < -0.39 is 0 Å². The number of carbonyl (C=O) groups is 1. The van der Waals surface area contributed by atoms with E-state index in [0.717, 1.165) is 11.3 Å². The summed E-state index contributed by atoms with van der Waals surface area (Å²) in [4.78, 5) is 12.1. The number of amides is 1. The SMILES string of the molecule is COCCNC(=O)c1cc(-c2cc(OC)ccc2OC)n(C)n1. The molecule has 0 unspecified atom stereocenters. The average Bonchev–Trinajstić information content (AvgIpc) is 2.96. The van der Waals surface area contributed by atoms with Crippen LogP contribution in [0.2, 0.25) is 0 Å². The molecule has 7 heteroatoms. The first-order valence-corrected chi connectivity index (χ1v) is 7.14. The maximum Gasteiger partial charge on any atom is 0.271 e. The molecule has 0 atom stereocenters. The van der Waals surface area contributed by atoms with Gasteiger partial charge >= 0.3 is 0 Å². The lowest BCUT2D eigenvalue weighted by atomic mass is 10.1. The van der Waals surface area contributed by atoms with Gasteiger partial charge in [0, 0.05) is 26.3 Å². The van der Waals surface area contributed by atoms with Crippen molar-refractivity contribution in [2.75, 3.05) is 34.5 Å². The Labute approximate surface area is 135 Å². The van der Waals surface area contributed by atoms with Crippen LogP contribution < -0.4 is 14.8 Å². The van der Waals surface area contributed by atoms with Gasteiger partial charge in [0.1, 0.15) is 11.5 Å². The zero-order valence-corrected chi connectivity index (χ0v) is 13.8. The molecule has 7 nitrogen and oxygen atoms in total. The first kappa shape index (κ1) is 16.8. The van der Waals surface area contributed by atoms with Crippen LogP contribution in [0.25, 0.3) is 11.3 Å². The Morgan fingerprint density at radius 3 is 2.65 bits per heavy atom. The van der Waals surface area contributed by atoms with Crippen LogP contribution in [0.5, 0.6) is 11.5 Å². The molecular weight excluding hydrogens is 298 g/mol. The summed E-state index contributed by atoms with van der Waals surface area (Å²) in [6, 6.07) is 7.21. The molecule has 0 fully saturated rings. The molecule has 124 valence electrons. The number of rotatable bonds is 7. The maximum atomic E-state index is 12.1. The molecule has 1 aromatic carbocycles. The largest absolute Gasteiger partial charge is 0.497 e. The zero-order valence-electron chi connectivity index (χ0n) is 13.8. The molecule has 2 rings (SSSR count). The lowest BCUT2D eigenvalue weighted by molar-refractivity contribution is 0.0931. The van der Waals surface area contributed by atoms with Gasteiger partial charge in [-0.05, 0) is 24.3 Å². The summed E-state index contributed by atoms with van der Waals surface area (Å²) in [5, 5.41) is 7.01. The van der Waals surface area contributed by atoms with Crippen LogP contribution in [-0.4, -0.2) is 50.2 Å². The summed E-state index contributed by atoms with van der Waals surface area (Å²) in [5.41, 5.74) is 1.90. The van der Waals surface area contributed by atoms with E-state index in [0.29, 0.717) is 30.3 Å². The summed E-state index contributed by atoms with van der Waals surface area (Å²) in [6.45, 7) is 0.888. The number of hydrogen-bond acceptors (Lipinski definition) is 5. The standard InChI is InChI=1S/C16H21N3O4/c1-19-14(10-13(18-19)16(20)17-7-8-21-2)12-9-11(22-3)5-6-15(12)23-4/h5-6,9-10H,7-8H2,1-4H3,(H,17,20). The highest BCUT2D eigenvalue weighted by atomic mass is 16.5. The fourth-order valence-electron chi connectivity index (χ4n) is 2.20. The Morgan fingerprint density at radius 1 is 1.22 bits per heavy atom. The topological polar surface area (TPSA) is 74.6 Å². The number of benzene rings is 1. The molecule has 0 saturated carbocycles. The van der Waals surface area contributed by atoms with Gasteiger partial charge in [-0.3, -0.25) is 9.48 Å². The molecule has 0 radical (unpaired) electrons. The minimum absolute atomic E-state index is 0.245. The summed E-state index contributed by atoms with van der Waals surface area (Å²) < 4.78 is 17.2. The van der Waals surface area contributed by atoms with Gasteiger partial charge in [0.2, 0.25) is 0 Å². The minimum Gasteiger partial charge on any atom is -0.497 e. The van der Waals surface area contributed by atoms with Gasteiger partial charge in [0.15, 0.2) is 5.69 Å². The number of aromatic nitrogens is 2. The third kappa shape index (κ3) is 3.81. The first-order valence-electron chi connectivity index (χ1n) is 7.14. The number of nitrogens with one attached hydrogen (secondary N) is 1. The van der Waals surface area contributed by atoms with Crippen molar-refractivity contribution in [1.82, 2.24) is 15.1 Å². The predicted molar refractivity (Wildman–Crippen MR) is 86.0 cm³/mol. The number of hydrogen-bond donors (Lipinski definition) is 1. The highest BCUT2D eigenvalue weighted by Gasteiger charge is 2.17. The normalized spacial score (nSPS) is 10.4. The Hall–Kier alpha value is -2.54. The van der Waals surface area contributed by atoms with Crippen molar-refractivity contribution in [3.8, 4) is 22.8 Å². The van der Waals surface area contributed by atoms with Crippen LogP contribution in [0.15, 0.2) is 24.3 Å². The predicted octanol–water partition coefficient (Wildman–Crippen LogP) is 1.48. The van der Waals surface area contributed by atoms with Crippen molar-refractivity contribution in [1.29, 1.82) is 0 Å². The smallest absolute Gasteiger partial charge is 0.271 e. The molecule has 0 aliphatic rings. The lowest BCUT2D eigenvalue weighted by Gasteiger charge is -2.10. The molecule has 2 aromatic rings. The van der Waals surface area contributed by atoms with Crippen LogP contribution in [0.1, 0.15) is 10.5 Å². The number of ether oxygens (including phenoxy) is 3. The average molecular weight is 319 g/mol. The quantitative estimate of drug-likeness (QED) is 0.783. The molecule has 0 bridgehead atoms. The highest BCUT2D eigenvalue weighted by molar-refractivity contribution is 5.93.